The number of carbonyl (C=O) groups is 2. The third-order valence-corrected chi connectivity index (χ3v) is 7.90. The van der Waals surface area contributed by atoms with Crippen LogP contribution in [0.15, 0.2) is 59.5 Å². The van der Waals surface area contributed by atoms with Gasteiger partial charge in [-0.15, -0.1) is 0 Å². The maximum Gasteiger partial charge on any atom is 0.243 e. The number of carbonyl (C=O) groups excluding carboxylic acids is 2. The van der Waals surface area contributed by atoms with Crippen LogP contribution in [0.5, 0.6) is 5.75 Å². The summed E-state index contributed by atoms with van der Waals surface area (Å²) >= 11 is 0. The molecule has 0 bridgehead atoms. The van der Waals surface area contributed by atoms with Gasteiger partial charge in [0, 0.05) is 20.0 Å². The Labute approximate surface area is 226 Å². The molecule has 3 unspecified atom stereocenters. The number of aliphatic hydroxyl groups is 1. The molecule has 0 spiro atoms. The van der Waals surface area contributed by atoms with Gasteiger partial charge < -0.3 is 20.5 Å². The molecular weight excluding hydrogens is 506 g/mol. The number of nitrogens with zero attached hydrogens (tertiary/aromatic N) is 1. The zero-order valence-electron chi connectivity index (χ0n) is 23.0. The zero-order chi connectivity index (χ0) is 28.5. The fourth-order valence-corrected chi connectivity index (χ4v) is 5.71. The van der Waals surface area contributed by atoms with Gasteiger partial charge in [-0.1, -0.05) is 58.0 Å². The molecule has 0 heterocycles. The van der Waals surface area contributed by atoms with Crippen LogP contribution in [0.25, 0.3) is 0 Å². The quantitative estimate of drug-likeness (QED) is 0.334. The van der Waals surface area contributed by atoms with E-state index in [2.05, 4.69) is 10.6 Å². The third-order valence-electron chi connectivity index (χ3n) is 6.06. The van der Waals surface area contributed by atoms with Crippen molar-refractivity contribution < 1.29 is 27.9 Å². The fraction of sp³-hybridized carbons (Fsp3) is 0.500. The van der Waals surface area contributed by atoms with Crippen LogP contribution in [0.3, 0.4) is 0 Å². The van der Waals surface area contributed by atoms with Gasteiger partial charge in [0.1, 0.15) is 11.8 Å². The second kappa shape index (κ2) is 14.3. The first-order valence-electron chi connectivity index (χ1n) is 12.8. The molecule has 0 radical (unpaired) electrons. The second-order valence-corrected chi connectivity index (χ2v) is 12.1. The molecule has 2 amide bonds. The van der Waals surface area contributed by atoms with Crippen LogP contribution in [-0.2, 0) is 26.0 Å². The minimum atomic E-state index is -3.95. The van der Waals surface area contributed by atoms with E-state index in [4.69, 9.17) is 4.74 Å². The van der Waals surface area contributed by atoms with Gasteiger partial charge in [-0.3, -0.25) is 9.59 Å². The fourth-order valence-electron chi connectivity index (χ4n) is 4.09. The SMILES string of the molecule is COc1ccc(S(=O)(=O)N(CC(C)C)CC(O)C(Cc2ccccc2)NC(=O)C(NC(C)=O)C(C)C)cc1. The van der Waals surface area contributed by atoms with Gasteiger partial charge in [0.2, 0.25) is 21.8 Å². The van der Waals surface area contributed by atoms with Crippen LogP contribution in [0, 0.1) is 11.8 Å². The Balaban J connectivity index is 2.37. The first-order valence-corrected chi connectivity index (χ1v) is 14.2. The van der Waals surface area contributed by atoms with Gasteiger partial charge in [0.15, 0.2) is 0 Å². The Morgan fingerprint density at radius 2 is 1.55 bits per heavy atom. The van der Waals surface area contributed by atoms with Crippen molar-refractivity contribution in [3.05, 3.63) is 60.2 Å². The van der Waals surface area contributed by atoms with Gasteiger partial charge in [0.25, 0.3) is 0 Å². The maximum absolute atomic E-state index is 13.6. The highest BCUT2D eigenvalue weighted by Gasteiger charge is 2.33. The Hall–Kier alpha value is -2.95. The molecule has 0 saturated carbocycles. The molecule has 2 aromatic rings. The number of ether oxygens (including phenoxy) is 1. The molecule has 0 fully saturated rings. The van der Waals surface area contributed by atoms with Crippen molar-refractivity contribution in [2.45, 2.75) is 64.1 Å². The van der Waals surface area contributed by atoms with Gasteiger partial charge in [-0.05, 0) is 48.1 Å². The summed E-state index contributed by atoms with van der Waals surface area (Å²) in [6, 6.07) is 13.8. The van der Waals surface area contributed by atoms with E-state index in [-0.39, 0.29) is 42.1 Å². The minimum Gasteiger partial charge on any atom is -0.497 e. The van der Waals surface area contributed by atoms with Crippen LogP contribution in [0.4, 0.5) is 0 Å². The van der Waals surface area contributed by atoms with E-state index >= 15 is 0 Å². The Morgan fingerprint density at radius 3 is 2.05 bits per heavy atom. The molecule has 3 atom stereocenters. The number of benzene rings is 2. The maximum atomic E-state index is 13.6. The van der Waals surface area contributed by atoms with Crippen LogP contribution in [-0.4, -0.2) is 68.0 Å². The topological polar surface area (TPSA) is 125 Å². The van der Waals surface area contributed by atoms with Crippen molar-refractivity contribution in [3.63, 3.8) is 0 Å². The molecule has 10 heteroatoms. The molecule has 2 aromatic carbocycles. The monoisotopic (exact) mass is 547 g/mol. The lowest BCUT2D eigenvalue weighted by Gasteiger charge is -2.32. The number of sulfonamides is 1. The second-order valence-electron chi connectivity index (χ2n) is 10.2. The van der Waals surface area contributed by atoms with Gasteiger partial charge >= 0.3 is 0 Å². The standard InChI is InChI=1S/C28H41N3O6S/c1-19(2)17-31(38(35,36)24-14-12-23(37-6)13-15-24)18-26(33)25(16-22-10-8-7-9-11-22)30-28(34)27(20(3)4)29-21(5)32/h7-15,19-20,25-27,33H,16-18H2,1-6H3,(H,29,32)(H,30,34). The number of methoxy groups -OCH3 is 1. The van der Waals surface area contributed by atoms with Crippen molar-refractivity contribution in [3.8, 4) is 5.75 Å². The number of rotatable bonds is 14. The molecule has 3 N–H and O–H groups in total. The van der Waals surface area contributed by atoms with E-state index in [1.807, 2.05) is 58.0 Å². The van der Waals surface area contributed by atoms with Gasteiger partial charge in [-0.25, -0.2) is 8.42 Å². The summed E-state index contributed by atoms with van der Waals surface area (Å²) in [5.74, 6) is -0.455. The molecule has 9 nitrogen and oxygen atoms in total. The Morgan fingerprint density at radius 1 is 0.947 bits per heavy atom. The van der Waals surface area contributed by atoms with Gasteiger partial charge in [0.05, 0.1) is 24.2 Å². The van der Waals surface area contributed by atoms with E-state index in [0.29, 0.717) is 5.75 Å². The summed E-state index contributed by atoms with van der Waals surface area (Å²) < 4.78 is 33.5. The highest BCUT2D eigenvalue weighted by Crippen LogP contribution is 2.22. The molecular formula is C28H41N3O6S. The van der Waals surface area contributed by atoms with E-state index in [9.17, 15) is 23.1 Å². The van der Waals surface area contributed by atoms with Crippen LogP contribution >= 0.6 is 0 Å². The minimum absolute atomic E-state index is 0.0116. The van der Waals surface area contributed by atoms with Crippen LogP contribution in [0.2, 0.25) is 0 Å². The van der Waals surface area contributed by atoms with E-state index in [1.165, 1.54) is 30.5 Å². The first kappa shape index (κ1) is 31.3. The third kappa shape index (κ3) is 9.11. The highest BCUT2D eigenvalue weighted by molar-refractivity contribution is 7.89. The lowest BCUT2D eigenvalue weighted by Crippen LogP contribution is -2.56. The van der Waals surface area contributed by atoms with Crippen molar-refractivity contribution in [1.29, 1.82) is 0 Å². The predicted molar refractivity (Wildman–Crippen MR) is 147 cm³/mol. The number of nitrogens with one attached hydrogen (secondary N) is 2. The smallest absolute Gasteiger partial charge is 0.243 e. The summed E-state index contributed by atoms with van der Waals surface area (Å²) in [5.41, 5.74) is 0.867. The van der Waals surface area contributed by atoms with Crippen molar-refractivity contribution in [2.24, 2.45) is 11.8 Å². The largest absolute Gasteiger partial charge is 0.497 e. The highest BCUT2D eigenvalue weighted by atomic mass is 32.2. The summed E-state index contributed by atoms with van der Waals surface area (Å²) in [7, 11) is -2.45. The molecule has 0 aliphatic heterocycles. The number of hydrogen-bond acceptors (Lipinski definition) is 6. The lowest BCUT2D eigenvalue weighted by atomic mass is 9.98. The average molecular weight is 548 g/mol. The lowest BCUT2D eigenvalue weighted by molar-refractivity contribution is -0.130. The normalized spacial score (nSPS) is 14.3. The summed E-state index contributed by atoms with van der Waals surface area (Å²) in [5, 5.41) is 16.9. The number of hydrogen-bond donors (Lipinski definition) is 3. The van der Waals surface area contributed by atoms with Gasteiger partial charge in [-0.2, -0.15) is 4.31 Å². The van der Waals surface area contributed by atoms with Crippen molar-refractivity contribution in [1.82, 2.24) is 14.9 Å². The number of amides is 2. The van der Waals surface area contributed by atoms with E-state index in [0.717, 1.165) is 5.56 Å². The molecule has 2 rings (SSSR count). The molecule has 0 aliphatic carbocycles. The zero-order valence-corrected chi connectivity index (χ0v) is 23.9. The molecule has 0 aliphatic rings. The first-order chi connectivity index (χ1) is 17.8. The molecule has 38 heavy (non-hydrogen) atoms. The predicted octanol–water partition coefficient (Wildman–Crippen LogP) is 2.59. The summed E-state index contributed by atoms with van der Waals surface area (Å²) in [6.07, 6.45) is -0.951. The Bertz CT molecular complexity index is 1140. The van der Waals surface area contributed by atoms with Crippen molar-refractivity contribution >= 4 is 21.8 Å². The summed E-state index contributed by atoms with van der Waals surface area (Å²) in [6.45, 7) is 8.71. The van der Waals surface area contributed by atoms with E-state index < -0.39 is 34.1 Å². The molecule has 0 saturated heterocycles. The molecule has 210 valence electrons. The van der Waals surface area contributed by atoms with Crippen molar-refractivity contribution in [2.75, 3.05) is 20.2 Å². The average Bonchev–Trinajstić information content (AvgIpc) is 2.86. The molecule has 0 aromatic heterocycles. The summed E-state index contributed by atoms with van der Waals surface area (Å²) in [4.78, 5) is 25.0. The van der Waals surface area contributed by atoms with E-state index in [1.54, 1.807) is 12.1 Å². The van der Waals surface area contributed by atoms with Crippen LogP contribution in [0.1, 0.15) is 40.2 Å². The number of aliphatic hydroxyl groups excluding tert-OH is 1. The Kier molecular flexibility index (Phi) is 11.7. The van der Waals surface area contributed by atoms with Crippen LogP contribution < -0.4 is 15.4 Å².